The van der Waals surface area contributed by atoms with Crippen LogP contribution in [0.4, 0.5) is 0 Å². The van der Waals surface area contributed by atoms with Crippen LogP contribution in [0.3, 0.4) is 0 Å². The number of hydrogen-bond donors (Lipinski definition) is 1. The summed E-state index contributed by atoms with van der Waals surface area (Å²) < 4.78 is 0. The Morgan fingerprint density at radius 1 is 0.891 bits per heavy atom. The monoisotopic (exact) mass is 795 g/mol. The molecule has 5 heteroatoms. The molecule has 1 heterocycles. The van der Waals surface area contributed by atoms with Gasteiger partial charge in [0, 0.05) is 60.5 Å². The molecule has 0 atom stereocenters. The Kier molecular flexibility index (Phi) is 12.5. The minimum Gasteiger partial charge on any atom is -0.512 e. The van der Waals surface area contributed by atoms with Gasteiger partial charge in [-0.15, -0.1) is 29.1 Å². The van der Waals surface area contributed by atoms with Crippen molar-refractivity contribution < 1.29 is 34.8 Å². The molecule has 1 N–H and O–H groups in total. The third kappa shape index (κ3) is 7.93. The minimum absolute atomic E-state index is 0. The van der Waals surface area contributed by atoms with Crippen LogP contribution in [-0.4, -0.2) is 21.7 Å². The van der Waals surface area contributed by atoms with E-state index in [9.17, 15) is 14.7 Å². The summed E-state index contributed by atoms with van der Waals surface area (Å²) in [7, 11) is 0. The Labute approximate surface area is 289 Å². The van der Waals surface area contributed by atoms with Crippen molar-refractivity contribution >= 4 is 22.3 Å². The van der Waals surface area contributed by atoms with Crippen LogP contribution in [0.2, 0.25) is 0 Å². The Bertz CT molecular complexity index is 1720. The molecular formula is C41H48IrNO3-. The minimum atomic E-state index is -0.319. The number of ketones is 2. The van der Waals surface area contributed by atoms with E-state index in [1.54, 1.807) is 6.20 Å². The molecule has 1 aromatic heterocycles. The average Bonchev–Trinajstić information content (AvgIpc) is 3.32. The van der Waals surface area contributed by atoms with Gasteiger partial charge in [0.1, 0.15) is 0 Å². The van der Waals surface area contributed by atoms with Crippen molar-refractivity contribution in [3.63, 3.8) is 0 Å². The number of rotatable bonds is 9. The molecule has 0 bridgehead atoms. The summed E-state index contributed by atoms with van der Waals surface area (Å²) in [5, 5.41) is 12.2. The predicted octanol–water partition coefficient (Wildman–Crippen LogP) is 10.8. The maximum Gasteiger partial charge on any atom is 0.193 e. The molecule has 4 aromatic rings. The van der Waals surface area contributed by atoms with Gasteiger partial charge >= 0.3 is 0 Å². The smallest absolute Gasteiger partial charge is 0.193 e. The quantitative estimate of drug-likeness (QED) is 0.0917. The molecule has 1 aliphatic carbocycles. The summed E-state index contributed by atoms with van der Waals surface area (Å²) in [5.74, 6) is 0.516. The molecule has 0 saturated heterocycles. The Morgan fingerprint density at radius 2 is 1.50 bits per heavy atom. The predicted molar refractivity (Wildman–Crippen MR) is 187 cm³/mol. The standard InChI is InChI=1S/C27H22NO.C14H26O2.Ir/c1-27(2,3)16-19-15-18(14-17-8-4-5-9-20(17)19)25-24-21-10-6-7-11-22(21)26(29)23(24)12-13-28-25;1-6-11(7-2)12(15)10-13(16)14(5,8-3)9-4;/h4-13,15H,16H2,1-3H3;10-11,15H,6-9H2,1-5H3;/q-1;;/b;12-10-;. The van der Waals surface area contributed by atoms with Crippen LogP contribution in [0.5, 0.6) is 0 Å². The van der Waals surface area contributed by atoms with Crippen molar-refractivity contribution in [3.8, 4) is 22.4 Å². The zero-order chi connectivity index (χ0) is 32.9. The number of aromatic nitrogens is 1. The second-order valence-electron chi connectivity index (χ2n) is 13.7. The van der Waals surface area contributed by atoms with Gasteiger partial charge in [-0.1, -0.05) is 109 Å². The molecule has 0 spiro atoms. The van der Waals surface area contributed by atoms with Crippen molar-refractivity contribution in [2.45, 2.75) is 87.5 Å². The maximum absolute atomic E-state index is 12.9. The molecule has 0 aliphatic heterocycles. The van der Waals surface area contributed by atoms with Crippen LogP contribution >= 0.6 is 0 Å². The molecule has 3 aromatic carbocycles. The maximum atomic E-state index is 12.9. The fourth-order valence-electron chi connectivity index (χ4n) is 6.05. The number of benzene rings is 3. The van der Waals surface area contributed by atoms with Gasteiger partial charge in [0.05, 0.1) is 5.76 Å². The Balaban J connectivity index is 0.000000293. The fourth-order valence-corrected chi connectivity index (χ4v) is 6.05. The summed E-state index contributed by atoms with van der Waals surface area (Å²) in [6, 6.07) is 23.8. The van der Waals surface area contributed by atoms with Crippen LogP contribution in [0.25, 0.3) is 33.2 Å². The van der Waals surface area contributed by atoms with E-state index in [0.29, 0.717) is 0 Å². The number of pyridine rings is 1. The first-order chi connectivity index (χ1) is 21.4. The molecule has 5 rings (SSSR count). The number of hydrogen-bond acceptors (Lipinski definition) is 4. The van der Waals surface area contributed by atoms with Crippen LogP contribution in [-0.2, 0) is 31.3 Å². The molecule has 0 unspecified atom stereocenters. The molecule has 0 amide bonds. The van der Waals surface area contributed by atoms with E-state index in [1.165, 1.54) is 17.0 Å². The number of fused-ring (bicyclic) bond motifs is 4. The van der Waals surface area contributed by atoms with Crippen molar-refractivity contribution in [1.29, 1.82) is 0 Å². The third-order valence-electron chi connectivity index (χ3n) is 9.31. The van der Waals surface area contributed by atoms with Crippen LogP contribution in [0, 0.1) is 22.8 Å². The molecular weight excluding hydrogens is 747 g/mol. The second kappa shape index (κ2) is 15.5. The first-order valence-electron chi connectivity index (χ1n) is 16.4. The van der Waals surface area contributed by atoms with Gasteiger partial charge in [-0.25, -0.2) is 0 Å². The number of nitrogens with zero attached hydrogens (tertiary/aromatic N) is 1. The Hall–Kier alpha value is -3.40. The zero-order valence-corrected chi connectivity index (χ0v) is 31.0. The van der Waals surface area contributed by atoms with Crippen molar-refractivity contribution in [2.75, 3.05) is 0 Å². The molecule has 0 saturated carbocycles. The van der Waals surface area contributed by atoms with Gasteiger partial charge in [-0.2, -0.15) is 0 Å². The van der Waals surface area contributed by atoms with Gasteiger partial charge in [0.2, 0.25) is 0 Å². The third-order valence-corrected chi connectivity index (χ3v) is 9.31. The average molecular weight is 795 g/mol. The van der Waals surface area contributed by atoms with Gasteiger partial charge in [-0.3, -0.25) is 14.6 Å². The topological polar surface area (TPSA) is 67.3 Å². The summed E-state index contributed by atoms with van der Waals surface area (Å²) in [6.45, 7) is 16.8. The van der Waals surface area contributed by atoms with Crippen LogP contribution in [0.15, 0.2) is 78.7 Å². The largest absolute Gasteiger partial charge is 0.512 e. The summed E-state index contributed by atoms with van der Waals surface area (Å²) >= 11 is 0. The molecule has 245 valence electrons. The normalized spacial score (nSPS) is 12.7. The number of carbonyl (C=O) groups is 2. The number of aliphatic hydroxyl groups is 1. The van der Waals surface area contributed by atoms with Gasteiger partial charge in [0.25, 0.3) is 0 Å². The van der Waals surface area contributed by atoms with E-state index in [0.717, 1.165) is 71.0 Å². The molecule has 4 nitrogen and oxygen atoms in total. The fraction of sp³-hybridized carbons (Fsp3) is 0.390. The van der Waals surface area contributed by atoms with E-state index in [1.807, 2.05) is 71.0 Å². The number of carbonyl (C=O) groups excluding carboxylic acids is 2. The molecule has 0 fully saturated rings. The summed E-state index contributed by atoms with van der Waals surface area (Å²) in [4.78, 5) is 29.7. The van der Waals surface area contributed by atoms with Crippen molar-refractivity contribution in [1.82, 2.24) is 4.98 Å². The van der Waals surface area contributed by atoms with E-state index in [-0.39, 0.29) is 54.2 Å². The summed E-state index contributed by atoms with van der Waals surface area (Å²) in [6.07, 6.45) is 7.53. The Morgan fingerprint density at radius 3 is 2.11 bits per heavy atom. The van der Waals surface area contributed by atoms with E-state index in [4.69, 9.17) is 4.98 Å². The molecule has 1 radical (unpaired) electrons. The van der Waals surface area contributed by atoms with E-state index >= 15 is 0 Å². The van der Waals surface area contributed by atoms with Gasteiger partial charge in [0.15, 0.2) is 11.6 Å². The van der Waals surface area contributed by atoms with Gasteiger partial charge < -0.3 is 5.11 Å². The number of aliphatic hydroxyl groups excluding tert-OH is 1. The van der Waals surface area contributed by atoms with Crippen molar-refractivity contribution in [3.05, 3.63) is 101 Å². The number of allylic oxidation sites excluding steroid dienone is 2. The van der Waals surface area contributed by atoms with E-state index in [2.05, 4.69) is 51.1 Å². The van der Waals surface area contributed by atoms with Gasteiger partial charge in [-0.05, 0) is 54.7 Å². The van der Waals surface area contributed by atoms with Crippen LogP contribution < -0.4 is 0 Å². The molecule has 1 aliphatic rings. The molecule has 46 heavy (non-hydrogen) atoms. The first-order valence-corrected chi connectivity index (χ1v) is 16.4. The van der Waals surface area contributed by atoms with Crippen LogP contribution in [0.1, 0.15) is 103 Å². The SMILES string of the molecule is CC(C)(C)Cc1cc(-c2nccc3c2-c2ccccc2C3=O)[c-]c2ccccc12.CCC(CC)/C(O)=C/C(=O)C(C)(CC)CC.[Ir]. The van der Waals surface area contributed by atoms with E-state index < -0.39 is 0 Å². The first kappa shape index (κ1) is 37.1. The van der Waals surface area contributed by atoms with Crippen molar-refractivity contribution in [2.24, 2.45) is 16.7 Å². The summed E-state index contributed by atoms with van der Waals surface area (Å²) in [5.41, 5.74) is 6.30. The second-order valence-corrected chi connectivity index (χ2v) is 13.7. The zero-order valence-electron chi connectivity index (χ0n) is 28.6.